The maximum Gasteiger partial charge on any atom is 0.271 e. The van der Waals surface area contributed by atoms with Gasteiger partial charge in [0.2, 0.25) is 0 Å². The fourth-order valence-corrected chi connectivity index (χ4v) is 1.26. The highest BCUT2D eigenvalue weighted by atomic mass is 32.1. The molecular formula is C11H9NO4S. The molecule has 1 aromatic carbocycles. The Morgan fingerprint density at radius 1 is 1.53 bits per heavy atom. The molecule has 0 aromatic heterocycles. The van der Waals surface area contributed by atoms with Crippen molar-refractivity contribution in [3.8, 4) is 17.6 Å². The molecule has 0 aliphatic rings. The Morgan fingerprint density at radius 3 is 2.76 bits per heavy atom. The van der Waals surface area contributed by atoms with Gasteiger partial charge < -0.3 is 5.11 Å². The number of non-ortho nitro benzene ring substituents is 1. The van der Waals surface area contributed by atoms with Gasteiger partial charge in [0.25, 0.3) is 5.69 Å². The highest BCUT2D eigenvalue weighted by Crippen LogP contribution is 2.26. The minimum absolute atomic E-state index is 0.0723. The highest BCUT2D eigenvalue weighted by molar-refractivity contribution is 7.80. The van der Waals surface area contributed by atoms with Crippen molar-refractivity contribution in [3.63, 3.8) is 0 Å². The summed E-state index contributed by atoms with van der Waals surface area (Å²) in [5.74, 6) is 5.47. The molecule has 0 atom stereocenters. The molecule has 5 nitrogen and oxygen atoms in total. The van der Waals surface area contributed by atoms with Gasteiger partial charge in [0.1, 0.15) is 5.75 Å². The molecule has 1 aromatic rings. The van der Waals surface area contributed by atoms with Crippen LogP contribution in [0.15, 0.2) is 12.1 Å². The molecule has 0 fully saturated rings. The Kier molecular flexibility index (Phi) is 4.55. The van der Waals surface area contributed by atoms with Crippen LogP contribution in [0.1, 0.15) is 22.3 Å². The summed E-state index contributed by atoms with van der Waals surface area (Å²) in [4.78, 5) is 20.6. The van der Waals surface area contributed by atoms with Crippen LogP contribution in [0.5, 0.6) is 5.75 Å². The van der Waals surface area contributed by atoms with Crippen molar-refractivity contribution >= 4 is 24.6 Å². The summed E-state index contributed by atoms with van der Waals surface area (Å²) in [5, 5.41) is 20.2. The lowest BCUT2D eigenvalue weighted by atomic mass is 10.1. The number of phenols is 1. The monoisotopic (exact) mass is 251 g/mol. The van der Waals surface area contributed by atoms with E-state index in [0.717, 1.165) is 12.1 Å². The minimum Gasteiger partial charge on any atom is -0.506 e. The molecule has 0 saturated carbocycles. The van der Waals surface area contributed by atoms with E-state index < -0.39 is 4.92 Å². The fourth-order valence-electron chi connectivity index (χ4n) is 1.15. The van der Waals surface area contributed by atoms with Gasteiger partial charge in [0.05, 0.1) is 16.1 Å². The van der Waals surface area contributed by atoms with E-state index in [2.05, 4.69) is 24.5 Å². The van der Waals surface area contributed by atoms with Crippen LogP contribution in [0.25, 0.3) is 0 Å². The van der Waals surface area contributed by atoms with Gasteiger partial charge in [-0.1, -0.05) is 11.8 Å². The van der Waals surface area contributed by atoms with Crippen molar-refractivity contribution in [1.82, 2.24) is 0 Å². The molecule has 1 N–H and O–H groups in total. The van der Waals surface area contributed by atoms with E-state index in [-0.39, 0.29) is 22.6 Å². The molecule has 0 spiro atoms. The largest absolute Gasteiger partial charge is 0.506 e. The molecule has 88 valence electrons. The first-order valence-corrected chi connectivity index (χ1v) is 5.29. The number of hydrogen-bond donors (Lipinski definition) is 2. The lowest BCUT2D eigenvalue weighted by molar-refractivity contribution is -0.384. The average Bonchev–Trinajstić information content (AvgIpc) is 2.31. The first-order chi connectivity index (χ1) is 8.10. The zero-order valence-corrected chi connectivity index (χ0v) is 9.61. The van der Waals surface area contributed by atoms with Crippen molar-refractivity contribution in [2.75, 3.05) is 5.75 Å². The van der Waals surface area contributed by atoms with E-state index in [9.17, 15) is 20.0 Å². The third kappa shape index (κ3) is 3.23. The Bertz CT molecular complexity index is 516. The zero-order valence-electron chi connectivity index (χ0n) is 8.71. The SMILES string of the molecule is O=Cc1cc([N+](=O)[O-])cc(C#CCCS)c1O. The molecule has 17 heavy (non-hydrogen) atoms. The average molecular weight is 251 g/mol. The summed E-state index contributed by atoms with van der Waals surface area (Å²) < 4.78 is 0. The molecule has 0 saturated heterocycles. The van der Waals surface area contributed by atoms with Gasteiger partial charge in [-0.15, -0.1) is 0 Å². The van der Waals surface area contributed by atoms with Crippen LogP contribution >= 0.6 is 12.6 Å². The highest BCUT2D eigenvalue weighted by Gasteiger charge is 2.14. The second-order valence-corrected chi connectivity index (χ2v) is 3.53. The first-order valence-electron chi connectivity index (χ1n) is 4.66. The number of nitro groups is 1. The van der Waals surface area contributed by atoms with Crippen LogP contribution in [0.4, 0.5) is 5.69 Å². The molecule has 0 bridgehead atoms. The number of carbonyl (C=O) groups excluding carboxylic acids is 1. The predicted molar refractivity (Wildman–Crippen MR) is 65.5 cm³/mol. The van der Waals surface area contributed by atoms with Crippen LogP contribution < -0.4 is 0 Å². The number of benzene rings is 1. The third-order valence-electron chi connectivity index (χ3n) is 1.92. The number of hydrogen-bond acceptors (Lipinski definition) is 5. The number of aldehydes is 1. The van der Waals surface area contributed by atoms with Crippen molar-refractivity contribution in [2.24, 2.45) is 0 Å². The van der Waals surface area contributed by atoms with E-state index in [1.54, 1.807) is 0 Å². The molecular weight excluding hydrogens is 242 g/mol. The summed E-state index contributed by atoms with van der Waals surface area (Å²) in [7, 11) is 0. The zero-order chi connectivity index (χ0) is 12.8. The van der Waals surface area contributed by atoms with Crippen LogP contribution in [-0.2, 0) is 0 Å². The maximum atomic E-state index is 10.6. The smallest absolute Gasteiger partial charge is 0.271 e. The van der Waals surface area contributed by atoms with Gasteiger partial charge in [-0.25, -0.2) is 0 Å². The molecule has 0 amide bonds. The molecule has 0 heterocycles. The summed E-state index contributed by atoms with van der Waals surface area (Å²) in [5.41, 5.74) is -0.350. The van der Waals surface area contributed by atoms with Crippen LogP contribution in [0.2, 0.25) is 0 Å². The lowest BCUT2D eigenvalue weighted by Crippen LogP contribution is -1.93. The number of nitrogens with zero attached hydrogens (tertiary/aromatic N) is 1. The summed E-state index contributed by atoms with van der Waals surface area (Å²) >= 11 is 3.96. The number of phenolic OH excluding ortho intramolecular Hbond substituents is 1. The quantitative estimate of drug-likeness (QED) is 0.282. The van der Waals surface area contributed by atoms with Crippen molar-refractivity contribution in [1.29, 1.82) is 0 Å². The molecule has 0 aliphatic carbocycles. The second kappa shape index (κ2) is 5.92. The normalized spacial score (nSPS) is 9.24. The van der Waals surface area contributed by atoms with Crippen molar-refractivity contribution in [2.45, 2.75) is 6.42 Å². The first kappa shape index (κ1) is 13.1. The van der Waals surface area contributed by atoms with Gasteiger partial charge in [-0.05, 0) is 0 Å². The Morgan fingerprint density at radius 2 is 2.24 bits per heavy atom. The van der Waals surface area contributed by atoms with Gasteiger partial charge >= 0.3 is 0 Å². The number of carbonyl (C=O) groups is 1. The second-order valence-electron chi connectivity index (χ2n) is 3.08. The maximum absolute atomic E-state index is 10.6. The van der Waals surface area contributed by atoms with Crippen molar-refractivity contribution < 1.29 is 14.8 Å². The van der Waals surface area contributed by atoms with Gasteiger partial charge in [-0.2, -0.15) is 12.6 Å². The van der Waals surface area contributed by atoms with Crippen LogP contribution in [0, 0.1) is 22.0 Å². The van der Waals surface area contributed by atoms with Crippen LogP contribution in [-0.4, -0.2) is 22.1 Å². The standard InChI is InChI=1S/C11H9NO4S/c13-7-9-6-10(12(15)16)5-8(11(9)14)3-1-2-4-17/h5-7,14,17H,2,4H2. The number of rotatable bonds is 3. The van der Waals surface area contributed by atoms with E-state index >= 15 is 0 Å². The predicted octanol–water partition coefficient (Wildman–Crippen LogP) is 1.78. The van der Waals surface area contributed by atoms with Gasteiger partial charge in [-0.3, -0.25) is 14.9 Å². The summed E-state index contributed by atoms with van der Waals surface area (Å²) in [6.45, 7) is 0. The Hall–Kier alpha value is -2.00. The van der Waals surface area contributed by atoms with Crippen LogP contribution in [0.3, 0.4) is 0 Å². The molecule has 1 rings (SSSR count). The van der Waals surface area contributed by atoms with E-state index in [1.807, 2.05) is 0 Å². The number of aromatic hydroxyl groups is 1. The minimum atomic E-state index is -0.643. The lowest BCUT2D eigenvalue weighted by Gasteiger charge is -2.00. The van der Waals surface area contributed by atoms with Crippen molar-refractivity contribution in [3.05, 3.63) is 33.4 Å². The number of nitro benzene ring substituents is 1. The van der Waals surface area contributed by atoms with E-state index in [1.165, 1.54) is 0 Å². The van der Waals surface area contributed by atoms with Gasteiger partial charge in [0, 0.05) is 24.3 Å². The summed E-state index contributed by atoms with van der Waals surface area (Å²) in [6, 6.07) is 2.14. The number of thiol groups is 1. The molecule has 0 radical (unpaired) electrons. The van der Waals surface area contributed by atoms with E-state index in [4.69, 9.17) is 0 Å². The topological polar surface area (TPSA) is 80.4 Å². The molecule has 0 aliphatic heterocycles. The summed E-state index contributed by atoms with van der Waals surface area (Å²) in [6.07, 6.45) is 0.841. The molecule has 0 unspecified atom stereocenters. The third-order valence-corrected chi connectivity index (χ3v) is 2.15. The fraction of sp³-hybridized carbons (Fsp3) is 0.182. The Balaban J connectivity index is 3.29. The van der Waals surface area contributed by atoms with Gasteiger partial charge in [0.15, 0.2) is 6.29 Å². The van der Waals surface area contributed by atoms with E-state index in [0.29, 0.717) is 18.5 Å². The molecule has 6 heteroatoms. The Labute approximate surface area is 103 Å².